The predicted molar refractivity (Wildman–Crippen MR) is 61.0 cm³/mol. The van der Waals surface area contributed by atoms with Gasteiger partial charge in [-0.15, -0.1) is 0 Å². The van der Waals surface area contributed by atoms with Crippen LogP contribution >= 0.6 is 0 Å². The molecule has 0 bridgehead atoms. The third kappa shape index (κ3) is 3.28. The average Bonchev–Trinajstić information content (AvgIpc) is 2.31. The standard InChI is InChI=1S/C12H14N2O2/c1-3-16-11-6-4-10(5-7-11)14-12(15)9(2)8-13/h4-7,9H,3H2,1-2H3,(H,14,15). The van der Waals surface area contributed by atoms with Crippen LogP contribution < -0.4 is 10.1 Å². The smallest absolute Gasteiger partial charge is 0.241 e. The predicted octanol–water partition coefficient (Wildman–Crippen LogP) is 2.18. The Bertz CT molecular complexity index is 392. The number of anilines is 1. The molecule has 4 nitrogen and oxygen atoms in total. The van der Waals surface area contributed by atoms with Crippen molar-refractivity contribution in [3.63, 3.8) is 0 Å². The highest BCUT2D eigenvalue weighted by atomic mass is 16.5. The number of rotatable bonds is 4. The average molecular weight is 218 g/mol. The van der Waals surface area contributed by atoms with Crippen molar-refractivity contribution in [1.82, 2.24) is 0 Å². The molecule has 0 fully saturated rings. The van der Waals surface area contributed by atoms with E-state index in [4.69, 9.17) is 10.00 Å². The van der Waals surface area contributed by atoms with Crippen LogP contribution in [0.5, 0.6) is 5.75 Å². The van der Waals surface area contributed by atoms with Crippen molar-refractivity contribution in [3.8, 4) is 11.8 Å². The first-order valence-corrected chi connectivity index (χ1v) is 5.10. The number of nitrogens with one attached hydrogen (secondary N) is 1. The van der Waals surface area contributed by atoms with Crippen LogP contribution in [0.15, 0.2) is 24.3 Å². The van der Waals surface area contributed by atoms with Crippen LogP contribution in [0.25, 0.3) is 0 Å². The maximum Gasteiger partial charge on any atom is 0.241 e. The number of nitrogens with zero attached hydrogens (tertiary/aromatic N) is 1. The van der Waals surface area contributed by atoms with Crippen LogP contribution in [0, 0.1) is 17.2 Å². The van der Waals surface area contributed by atoms with Gasteiger partial charge in [-0.25, -0.2) is 0 Å². The molecule has 0 aromatic heterocycles. The van der Waals surface area contributed by atoms with Gasteiger partial charge in [0, 0.05) is 5.69 Å². The van der Waals surface area contributed by atoms with Crippen molar-refractivity contribution in [2.45, 2.75) is 13.8 Å². The molecule has 0 aliphatic carbocycles. The maximum atomic E-state index is 11.4. The van der Waals surface area contributed by atoms with Gasteiger partial charge in [-0.05, 0) is 38.1 Å². The van der Waals surface area contributed by atoms with Gasteiger partial charge in [0.2, 0.25) is 5.91 Å². The molecule has 1 aromatic carbocycles. The van der Waals surface area contributed by atoms with Gasteiger partial charge in [0.25, 0.3) is 0 Å². The van der Waals surface area contributed by atoms with Gasteiger partial charge in [0.15, 0.2) is 0 Å². The summed E-state index contributed by atoms with van der Waals surface area (Å²) in [5, 5.41) is 11.2. The molecule has 1 amide bonds. The lowest BCUT2D eigenvalue weighted by molar-refractivity contribution is -0.117. The summed E-state index contributed by atoms with van der Waals surface area (Å²) in [6, 6.07) is 8.91. The Morgan fingerprint density at radius 1 is 1.50 bits per heavy atom. The minimum Gasteiger partial charge on any atom is -0.494 e. The molecule has 0 heterocycles. The van der Waals surface area contributed by atoms with Gasteiger partial charge < -0.3 is 10.1 Å². The normalized spacial score (nSPS) is 11.3. The summed E-state index contributed by atoms with van der Waals surface area (Å²) in [5.74, 6) is -0.188. The molecule has 1 N–H and O–H groups in total. The molecule has 1 aromatic rings. The maximum absolute atomic E-state index is 11.4. The van der Waals surface area contributed by atoms with E-state index in [2.05, 4.69) is 5.32 Å². The topological polar surface area (TPSA) is 62.1 Å². The zero-order chi connectivity index (χ0) is 12.0. The van der Waals surface area contributed by atoms with Crippen molar-refractivity contribution >= 4 is 11.6 Å². The molecular formula is C12H14N2O2. The minimum atomic E-state index is -0.647. The summed E-state index contributed by atoms with van der Waals surface area (Å²) in [7, 11) is 0. The van der Waals surface area contributed by atoms with Gasteiger partial charge in [0.1, 0.15) is 11.7 Å². The van der Waals surface area contributed by atoms with Crippen molar-refractivity contribution in [2.75, 3.05) is 11.9 Å². The number of hydrogen-bond donors (Lipinski definition) is 1. The summed E-state index contributed by atoms with van der Waals surface area (Å²) in [6.07, 6.45) is 0. The van der Waals surface area contributed by atoms with Crippen LogP contribution in [0.4, 0.5) is 5.69 Å². The van der Waals surface area contributed by atoms with Crippen molar-refractivity contribution in [1.29, 1.82) is 5.26 Å². The van der Waals surface area contributed by atoms with E-state index in [1.54, 1.807) is 31.2 Å². The lowest BCUT2D eigenvalue weighted by atomic mass is 10.2. The number of carbonyl (C=O) groups excluding carboxylic acids is 1. The molecule has 1 rings (SSSR count). The third-order valence-electron chi connectivity index (χ3n) is 2.02. The Labute approximate surface area is 94.8 Å². The van der Waals surface area contributed by atoms with Crippen molar-refractivity contribution in [2.24, 2.45) is 5.92 Å². The third-order valence-corrected chi connectivity index (χ3v) is 2.02. The molecule has 16 heavy (non-hydrogen) atoms. The van der Waals surface area contributed by atoms with E-state index in [-0.39, 0.29) is 5.91 Å². The molecule has 0 aliphatic rings. The van der Waals surface area contributed by atoms with Gasteiger partial charge in [-0.3, -0.25) is 4.79 Å². The van der Waals surface area contributed by atoms with Crippen molar-refractivity contribution < 1.29 is 9.53 Å². The number of nitriles is 1. The van der Waals surface area contributed by atoms with Crippen LogP contribution in [0.2, 0.25) is 0 Å². The second kappa shape index (κ2) is 5.76. The summed E-state index contributed by atoms with van der Waals surface area (Å²) < 4.78 is 5.27. The van der Waals surface area contributed by atoms with E-state index < -0.39 is 5.92 Å². The number of carbonyl (C=O) groups is 1. The summed E-state index contributed by atoms with van der Waals surface area (Å²) in [4.78, 5) is 11.4. The molecule has 84 valence electrons. The SMILES string of the molecule is CCOc1ccc(NC(=O)C(C)C#N)cc1. The first-order valence-electron chi connectivity index (χ1n) is 5.10. The number of benzene rings is 1. The first kappa shape index (κ1) is 12.1. The molecule has 0 aliphatic heterocycles. The molecule has 0 saturated heterocycles. The van der Waals surface area contributed by atoms with Crippen LogP contribution in [0.1, 0.15) is 13.8 Å². The van der Waals surface area contributed by atoms with E-state index in [1.165, 1.54) is 0 Å². The summed E-state index contributed by atoms with van der Waals surface area (Å²) in [6.45, 7) is 4.07. The number of hydrogen-bond acceptors (Lipinski definition) is 3. The van der Waals surface area contributed by atoms with Gasteiger partial charge in [-0.1, -0.05) is 0 Å². The van der Waals surface area contributed by atoms with Crippen LogP contribution in [-0.2, 0) is 4.79 Å². The van der Waals surface area contributed by atoms with Gasteiger partial charge in [0.05, 0.1) is 12.7 Å². The molecule has 0 saturated carbocycles. The monoisotopic (exact) mass is 218 g/mol. The van der Waals surface area contributed by atoms with Crippen LogP contribution in [0.3, 0.4) is 0 Å². The van der Waals surface area contributed by atoms with E-state index in [1.807, 2.05) is 13.0 Å². The Hall–Kier alpha value is -2.02. The first-order chi connectivity index (χ1) is 7.67. The summed E-state index contributed by atoms with van der Waals surface area (Å²) in [5.41, 5.74) is 0.663. The quantitative estimate of drug-likeness (QED) is 0.842. The fraction of sp³-hybridized carbons (Fsp3) is 0.333. The fourth-order valence-electron chi connectivity index (χ4n) is 1.11. The highest BCUT2D eigenvalue weighted by molar-refractivity contribution is 5.93. The Morgan fingerprint density at radius 3 is 2.62 bits per heavy atom. The van der Waals surface area contributed by atoms with E-state index in [0.717, 1.165) is 5.75 Å². The van der Waals surface area contributed by atoms with Gasteiger partial charge in [-0.2, -0.15) is 5.26 Å². The largest absolute Gasteiger partial charge is 0.494 e. The lowest BCUT2D eigenvalue weighted by Crippen LogP contribution is -2.18. The van der Waals surface area contributed by atoms with Crippen molar-refractivity contribution in [3.05, 3.63) is 24.3 Å². The molecule has 0 spiro atoms. The van der Waals surface area contributed by atoms with Crippen LogP contribution in [-0.4, -0.2) is 12.5 Å². The lowest BCUT2D eigenvalue weighted by Gasteiger charge is -2.07. The molecule has 0 radical (unpaired) electrons. The highest BCUT2D eigenvalue weighted by Gasteiger charge is 2.11. The highest BCUT2D eigenvalue weighted by Crippen LogP contribution is 2.16. The van der Waals surface area contributed by atoms with Gasteiger partial charge >= 0.3 is 0 Å². The molecular weight excluding hydrogens is 204 g/mol. The second-order valence-electron chi connectivity index (χ2n) is 3.30. The number of ether oxygens (including phenoxy) is 1. The Morgan fingerprint density at radius 2 is 2.12 bits per heavy atom. The van der Waals surface area contributed by atoms with E-state index in [9.17, 15) is 4.79 Å². The molecule has 1 atom stereocenters. The Balaban J connectivity index is 2.62. The molecule has 1 unspecified atom stereocenters. The zero-order valence-electron chi connectivity index (χ0n) is 9.36. The Kier molecular flexibility index (Phi) is 4.34. The van der Waals surface area contributed by atoms with E-state index in [0.29, 0.717) is 12.3 Å². The zero-order valence-corrected chi connectivity index (χ0v) is 9.36. The number of amides is 1. The molecule has 4 heteroatoms. The summed E-state index contributed by atoms with van der Waals surface area (Å²) >= 11 is 0. The van der Waals surface area contributed by atoms with E-state index >= 15 is 0 Å². The second-order valence-corrected chi connectivity index (χ2v) is 3.30. The fourth-order valence-corrected chi connectivity index (χ4v) is 1.11. The minimum absolute atomic E-state index is 0.299.